The number of rotatable bonds is 7. The molecule has 1 aliphatic heterocycles. The van der Waals surface area contributed by atoms with Crippen LogP contribution in [0.4, 0.5) is 0 Å². The summed E-state index contributed by atoms with van der Waals surface area (Å²) in [6.07, 6.45) is 0.907. The molecule has 0 radical (unpaired) electrons. The van der Waals surface area contributed by atoms with E-state index in [-0.39, 0.29) is 29.7 Å². The molecule has 1 rings (SSSR count). The van der Waals surface area contributed by atoms with Crippen LogP contribution < -0.4 is 5.32 Å². The molecule has 6 nitrogen and oxygen atoms in total. The zero-order valence-corrected chi connectivity index (χ0v) is 16.1. The molecule has 138 valence electrons. The number of carboxylic acid groups (broad SMARTS) is 1. The Morgan fingerprint density at radius 1 is 1.29 bits per heavy atom. The Bertz CT molecular complexity index is 474. The number of aliphatic carboxylic acids is 1. The van der Waals surface area contributed by atoms with E-state index in [1.165, 1.54) is 0 Å². The van der Waals surface area contributed by atoms with Crippen molar-refractivity contribution >= 4 is 29.5 Å². The minimum absolute atomic E-state index is 0.0235. The molecule has 0 aromatic carbocycles. The summed E-state index contributed by atoms with van der Waals surface area (Å²) in [5.74, 6) is -0.450. The zero-order chi connectivity index (χ0) is 18.5. The van der Waals surface area contributed by atoms with Crippen molar-refractivity contribution in [2.24, 2.45) is 17.3 Å². The van der Waals surface area contributed by atoms with Crippen LogP contribution in [0.5, 0.6) is 0 Å². The molecule has 2 atom stereocenters. The molecule has 1 saturated heterocycles. The maximum atomic E-state index is 12.4. The van der Waals surface area contributed by atoms with E-state index >= 15 is 0 Å². The number of amides is 2. The summed E-state index contributed by atoms with van der Waals surface area (Å²) in [5, 5.41) is 12.0. The number of carbonyl (C=O) groups excluding carboxylic acids is 2. The van der Waals surface area contributed by atoms with Gasteiger partial charge in [0.25, 0.3) is 0 Å². The van der Waals surface area contributed by atoms with E-state index in [0.29, 0.717) is 24.5 Å². The standard InChI is InChI=1S/C17H30N2O4S/c1-11(2)6-12(16(22)23)8-18-15(21)13-9-24-10-19(13)14(20)7-17(3,4)5/h11-13H,6-10H2,1-5H3,(H,18,21)(H,22,23). The summed E-state index contributed by atoms with van der Waals surface area (Å²) in [5.41, 5.74) is -0.128. The molecule has 0 aliphatic carbocycles. The van der Waals surface area contributed by atoms with Gasteiger partial charge < -0.3 is 15.3 Å². The summed E-state index contributed by atoms with van der Waals surface area (Å²) in [4.78, 5) is 37.7. The highest BCUT2D eigenvalue weighted by molar-refractivity contribution is 7.99. The average molecular weight is 359 g/mol. The van der Waals surface area contributed by atoms with Crippen LogP contribution in [-0.4, -0.2) is 52.0 Å². The smallest absolute Gasteiger partial charge is 0.308 e. The first-order valence-corrected chi connectivity index (χ1v) is 9.54. The van der Waals surface area contributed by atoms with E-state index in [1.807, 2.05) is 34.6 Å². The number of carboxylic acids is 1. The Labute approximate surface area is 148 Å². The van der Waals surface area contributed by atoms with Crippen LogP contribution >= 0.6 is 11.8 Å². The zero-order valence-electron chi connectivity index (χ0n) is 15.3. The lowest BCUT2D eigenvalue weighted by Crippen LogP contribution is -2.49. The lowest BCUT2D eigenvalue weighted by Gasteiger charge is -2.27. The number of hydrogen-bond acceptors (Lipinski definition) is 4. The van der Waals surface area contributed by atoms with E-state index in [9.17, 15) is 19.5 Å². The third-order valence-electron chi connectivity index (χ3n) is 3.81. The molecule has 0 spiro atoms. The quantitative estimate of drug-likeness (QED) is 0.728. The van der Waals surface area contributed by atoms with Crippen LogP contribution in [0.3, 0.4) is 0 Å². The van der Waals surface area contributed by atoms with E-state index < -0.39 is 17.9 Å². The van der Waals surface area contributed by atoms with Gasteiger partial charge in [-0.25, -0.2) is 0 Å². The highest BCUT2D eigenvalue weighted by atomic mass is 32.2. The number of thioether (sulfide) groups is 1. The van der Waals surface area contributed by atoms with Gasteiger partial charge in [-0.1, -0.05) is 34.6 Å². The van der Waals surface area contributed by atoms with Gasteiger partial charge in [-0.15, -0.1) is 11.8 Å². The van der Waals surface area contributed by atoms with Crippen molar-refractivity contribution in [2.45, 2.75) is 53.5 Å². The van der Waals surface area contributed by atoms with Gasteiger partial charge in [0.15, 0.2) is 0 Å². The highest BCUT2D eigenvalue weighted by Crippen LogP contribution is 2.26. The first kappa shape index (κ1) is 20.8. The molecule has 1 heterocycles. The summed E-state index contributed by atoms with van der Waals surface area (Å²) >= 11 is 1.55. The molecular formula is C17H30N2O4S. The van der Waals surface area contributed by atoms with Crippen molar-refractivity contribution in [1.82, 2.24) is 10.2 Å². The first-order valence-electron chi connectivity index (χ1n) is 8.39. The monoisotopic (exact) mass is 358 g/mol. The van der Waals surface area contributed by atoms with E-state index in [2.05, 4.69) is 5.32 Å². The van der Waals surface area contributed by atoms with E-state index in [0.717, 1.165) is 0 Å². The number of nitrogens with one attached hydrogen (secondary N) is 1. The molecule has 1 fully saturated rings. The largest absolute Gasteiger partial charge is 0.481 e. The molecule has 0 saturated carbocycles. The second-order valence-electron chi connectivity index (χ2n) is 8.03. The molecule has 0 bridgehead atoms. The van der Waals surface area contributed by atoms with Crippen molar-refractivity contribution < 1.29 is 19.5 Å². The van der Waals surface area contributed by atoms with Crippen molar-refractivity contribution in [3.63, 3.8) is 0 Å². The molecule has 0 aromatic heterocycles. The van der Waals surface area contributed by atoms with Crippen LogP contribution in [0.1, 0.15) is 47.5 Å². The number of carbonyl (C=O) groups is 3. The van der Waals surface area contributed by atoms with Gasteiger partial charge in [0.1, 0.15) is 6.04 Å². The normalized spacial score (nSPS) is 19.4. The van der Waals surface area contributed by atoms with Gasteiger partial charge in [-0.2, -0.15) is 0 Å². The molecular weight excluding hydrogens is 328 g/mol. The predicted molar refractivity (Wildman–Crippen MR) is 95.6 cm³/mol. The van der Waals surface area contributed by atoms with E-state index in [1.54, 1.807) is 16.7 Å². The van der Waals surface area contributed by atoms with Crippen LogP contribution in [0.25, 0.3) is 0 Å². The fourth-order valence-corrected chi connectivity index (χ4v) is 3.82. The van der Waals surface area contributed by atoms with Crippen molar-refractivity contribution in [3.05, 3.63) is 0 Å². The number of nitrogens with zero attached hydrogens (tertiary/aromatic N) is 1. The minimum atomic E-state index is -0.898. The van der Waals surface area contributed by atoms with Crippen molar-refractivity contribution in [1.29, 1.82) is 0 Å². The molecule has 7 heteroatoms. The third kappa shape index (κ3) is 6.71. The minimum Gasteiger partial charge on any atom is -0.481 e. The summed E-state index contributed by atoms with van der Waals surface area (Å²) in [6.45, 7) is 10.00. The third-order valence-corrected chi connectivity index (χ3v) is 4.83. The van der Waals surface area contributed by atoms with Gasteiger partial charge in [-0.05, 0) is 17.8 Å². The first-order chi connectivity index (χ1) is 11.0. The molecule has 24 heavy (non-hydrogen) atoms. The SMILES string of the molecule is CC(C)CC(CNC(=O)C1CSCN1C(=O)CC(C)(C)C)C(=O)O. The van der Waals surface area contributed by atoms with Gasteiger partial charge in [0, 0.05) is 18.7 Å². The molecule has 2 amide bonds. The Morgan fingerprint density at radius 3 is 2.42 bits per heavy atom. The summed E-state index contributed by atoms with van der Waals surface area (Å²) in [6, 6.07) is -0.502. The average Bonchev–Trinajstić information content (AvgIpc) is 2.90. The molecule has 0 aromatic rings. The fourth-order valence-electron chi connectivity index (χ4n) is 2.64. The van der Waals surface area contributed by atoms with Crippen molar-refractivity contribution in [2.75, 3.05) is 18.2 Å². The summed E-state index contributed by atoms with van der Waals surface area (Å²) in [7, 11) is 0. The second-order valence-corrected chi connectivity index (χ2v) is 9.03. The van der Waals surface area contributed by atoms with Gasteiger partial charge in [0.05, 0.1) is 11.8 Å². The van der Waals surface area contributed by atoms with Gasteiger partial charge >= 0.3 is 5.97 Å². The summed E-state index contributed by atoms with van der Waals surface area (Å²) < 4.78 is 0. The van der Waals surface area contributed by atoms with Crippen LogP contribution in [0, 0.1) is 17.3 Å². The van der Waals surface area contributed by atoms with Crippen LogP contribution in [-0.2, 0) is 14.4 Å². The second kappa shape index (κ2) is 8.74. The van der Waals surface area contributed by atoms with Crippen LogP contribution in [0.2, 0.25) is 0 Å². The Hall–Kier alpha value is -1.24. The Kier molecular flexibility index (Phi) is 7.57. The Balaban J connectivity index is 2.62. The topological polar surface area (TPSA) is 86.7 Å². The lowest BCUT2D eigenvalue weighted by molar-refractivity contribution is -0.143. The maximum absolute atomic E-state index is 12.4. The molecule has 2 unspecified atom stereocenters. The maximum Gasteiger partial charge on any atom is 0.308 e. The molecule has 1 aliphatic rings. The molecule has 2 N–H and O–H groups in total. The lowest BCUT2D eigenvalue weighted by atomic mass is 9.91. The predicted octanol–water partition coefficient (Wildman–Crippen LogP) is 2.19. The number of hydrogen-bond donors (Lipinski definition) is 2. The van der Waals surface area contributed by atoms with Gasteiger partial charge in [0.2, 0.25) is 11.8 Å². The van der Waals surface area contributed by atoms with Crippen LogP contribution in [0.15, 0.2) is 0 Å². The van der Waals surface area contributed by atoms with E-state index in [4.69, 9.17) is 0 Å². The van der Waals surface area contributed by atoms with Gasteiger partial charge in [-0.3, -0.25) is 14.4 Å². The Morgan fingerprint density at radius 2 is 1.92 bits per heavy atom. The van der Waals surface area contributed by atoms with Crippen molar-refractivity contribution in [3.8, 4) is 0 Å². The highest BCUT2D eigenvalue weighted by Gasteiger charge is 2.36. The fraction of sp³-hybridized carbons (Fsp3) is 0.824.